The zero-order valence-electron chi connectivity index (χ0n) is 41.0. The molecule has 5 bridgehead atoms. The van der Waals surface area contributed by atoms with Gasteiger partial charge in [0.05, 0.1) is 35.1 Å². The highest BCUT2D eigenvalue weighted by atomic mass is 16.7. The highest BCUT2D eigenvalue weighted by Crippen LogP contribution is 2.51. The number of likely N-dealkylation sites (N-methyl/N-ethyl adjacent to an activating group) is 1. The van der Waals surface area contributed by atoms with Crippen LogP contribution in [0.25, 0.3) is 10.8 Å². The number of carbonyl (C=O) groups excluding carboxylic acids is 4. The van der Waals surface area contributed by atoms with Crippen LogP contribution in [0.4, 0.5) is 5.69 Å². The van der Waals surface area contributed by atoms with Gasteiger partial charge in [0.2, 0.25) is 5.91 Å². The molecule has 2 aromatic carbocycles. The van der Waals surface area contributed by atoms with Gasteiger partial charge in [0.15, 0.2) is 5.75 Å². The number of amides is 2. The van der Waals surface area contributed by atoms with Crippen molar-refractivity contribution >= 4 is 40.0 Å². The first-order chi connectivity index (χ1) is 32.1. The van der Waals surface area contributed by atoms with Crippen molar-refractivity contribution in [2.45, 2.75) is 124 Å². The SMILES string of the molecule is C/C1=C/C=C/[C@H](C)[C@H](O)[C@@H](C)[C@@H](O)[C@@H](C)[C@H](OC(=O)CC(=O)N2CCCN(C)CC2)CC/C=C/O[C@@]2(C)Oc3c(C)c(O)c4c(O)c(c5c(c4c3C2=O)NC2(CCN(CC(C)C)CC2)N=5)=NC1=O. The summed E-state index contributed by atoms with van der Waals surface area (Å²) in [6, 6.07) is 0. The lowest BCUT2D eigenvalue weighted by Gasteiger charge is -2.38. The number of esters is 1. The Morgan fingerprint density at radius 3 is 2.38 bits per heavy atom. The van der Waals surface area contributed by atoms with Crippen LogP contribution in [-0.2, 0) is 23.9 Å². The molecular weight excluding hydrogens is 873 g/mol. The van der Waals surface area contributed by atoms with Crippen molar-refractivity contribution in [3.8, 4) is 17.2 Å². The maximum Gasteiger partial charge on any atom is 0.315 e. The quantitative estimate of drug-likeness (QED) is 0.159. The minimum Gasteiger partial charge on any atom is -0.507 e. The van der Waals surface area contributed by atoms with Crippen LogP contribution >= 0.6 is 0 Å². The van der Waals surface area contributed by atoms with Gasteiger partial charge in [-0.2, -0.15) is 0 Å². The maximum atomic E-state index is 14.7. The number of benzene rings is 2. The summed E-state index contributed by atoms with van der Waals surface area (Å²) in [6.07, 6.45) is 6.64. The summed E-state index contributed by atoms with van der Waals surface area (Å²) in [5, 5.41) is 50.9. The monoisotopic (exact) mass is 943 g/mol. The molecule has 17 heteroatoms. The molecule has 6 aliphatic heterocycles. The van der Waals surface area contributed by atoms with Crippen molar-refractivity contribution in [1.29, 1.82) is 0 Å². The van der Waals surface area contributed by atoms with E-state index in [1.54, 1.807) is 57.7 Å². The predicted octanol–water partition coefficient (Wildman–Crippen LogP) is 4.41. The Bertz CT molecular complexity index is 2530. The van der Waals surface area contributed by atoms with E-state index in [0.717, 1.165) is 32.6 Å². The zero-order valence-corrected chi connectivity index (χ0v) is 41.0. The fraction of sp³-hybridized carbons (Fsp3) is 0.608. The lowest BCUT2D eigenvalue weighted by Crippen LogP contribution is -2.47. The Morgan fingerprint density at radius 2 is 1.68 bits per heavy atom. The molecule has 8 rings (SSSR count). The minimum absolute atomic E-state index is 0.0604. The number of likely N-dealkylation sites (tertiary alicyclic amines) is 1. The number of carbonyl (C=O) groups is 4. The number of Topliss-reactive ketones (excluding diaryl/α,β-unsaturated/α-hetero) is 1. The Morgan fingerprint density at radius 1 is 0.956 bits per heavy atom. The molecule has 0 aliphatic carbocycles. The van der Waals surface area contributed by atoms with Gasteiger partial charge in [0, 0.05) is 93.3 Å². The molecule has 2 saturated heterocycles. The van der Waals surface area contributed by atoms with Crippen LogP contribution in [-0.4, -0.2) is 141 Å². The Kier molecular flexibility index (Phi) is 15.1. The highest BCUT2D eigenvalue weighted by molar-refractivity contribution is 6.21. The average Bonchev–Trinajstić information content (AvgIpc) is 3.68. The van der Waals surface area contributed by atoms with E-state index < -0.39 is 77.3 Å². The van der Waals surface area contributed by atoms with Gasteiger partial charge in [0.1, 0.15) is 40.4 Å². The second-order valence-corrected chi connectivity index (χ2v) is 20.2. The first-order valence-corrected chi connectivity index (χ1v) is 24.2. The molecule has 1 spiro atoms. The molecule has 7 atom stereocenters. The van der Waals surface area contributed by atoms with Gasteiger partial charge in [-0.15, -0.1) is 0 Å². The molecule has 0 radical (unpaired) electrons. The fourth-order valence-corrected chi connectivity index (χ4v) is 10.2. The number of hydrogen-bond donors (Lipinski definition) is 5. The van der Waals surface area contributed by atoms with Crippen molar-refractivity contribution in [1.82, 2.24) is 14.7 Å². The number of nitrogens with one attached hydrogen (secondary N) is 1. The van der Waals surface area contributed by atoms with Crippen molar-refractivity contribution < 1.29 is 53.8 Å². The number of nitrogens with zero attached hydrogens (tertiary/aromatic N) is 5. The van der Waals surface area contributed by atoms with Crippen molar-refractivity contribution in [3.63, 3.8) is 0 Å². The van der Waals surface area contributed by atoms with Crippen molar-refractivity contribution in [2.75, 3.05) is 58.2 Å². The number of phenolic OH excluding ortho intramolecular Hbond substituents is 2. The predicted molar refractivity (Wildman–Crippen MR) is 255 cm³/mol. The molecule has 0 aromatic heterocycles. The van der Waals surface area contributed by atoms with Gasteiger partial charge < -0.3 is 54.7 Å². The van der Waals surface area contributed by atoms with Gasteiger partial charge >= 0.3 is 11.8 Å². The van der Waals surface area contributed by atoms with E-state index >= 15 is 0 Å². The number of aliphatic hydroxyl groups excluding tert-OH is 2. The van der Waals surface area contributed by atoms with E-state index in [4.69, 9.17) is 19.2 Å². The molecule has 68 heavy (non-hydrogen) atoms. The Labute approximate surface area is 398 Å². The van der Waals surface area contributed by atoms with Crippen LogP contribution in [0.15, 0.2) is 46.1 Å². The normalized spacial score (nSPS) is 30.1. The van der Waals surface area contributed by atoms with Crippen LogP contribution in [0.3, 0.4) is 0 Å². The Hall–Kier alpha value is -5.36. The number of hydrogen-bond acceptors (Lipinski definition) is 15. The highest BCUT2D eigenvalue weighted by Gasteiger charge is 2.50. The second kappa shape index (κ2) is 20.3. The number of anilines is 1. The van der Waals surface area contributed by atoms with Gasteiger partial charge in [-0.25, -0.2) is 4.99 Å². The maximum absolute atomic E-state index is 14.7. The van der Waals surface area contributed by atoms with E-state index in [1.165, 1.54) is 19.3 Å². The molecule has 2 fully saturated rings. The zero-order chi connectivity index (χ0) is 49.4. The topological polar surface area (TPSA) is 223 Å². The van der Waals surface area contributed by atoms with Crippen LogP contribution in [0, 0.1) is 30.6 Å². The second-order valence-electron chi connectivity index (χ2n) is 20.2. The van der Waals surface area contributed by atoms with E-state index in [9.17, 15) is 39.6 Å². The summed E-state index contributed by atoms with van der Waals surface area (Å²) in [6.45, 7) is 19.0. The number of phenols is 2. The van der Waals surface area contributed by atoms with Crippen LogP contribution in [0.2, 0.25) is 0 Å². The van der Waals surface area contributed by atoms with Gasteiger partial charge in [-0.1, -0.05) is 52.8 Å². The average molecular weight is 943 g/mol. The number of aromatic hydroxyl groups is 2. The minimum atomic E-state index is -1.93. The molecule has 2 aromatic rings. The third-order valence-corrected chi connectivity index (χ3v) is 14.5. The molecule has 6 aliphatic rings. The number of fused-ring (bicyclic) bond motifs is 13. The van der Waals surface area contributed by atoms with E-state index in [2.05, 4.69) is 34.0 Å². The fourth-order valence-electron chi connectivity index (χ4n) is 10.2. The summed E-state index contributed by atoms with van der Waals surface area (Å²) in [5.74, 6) is -6.54. The summed E-state index contributed by atoms with van der Waals surface area (Å²) in [5.41, 5.74) is -0.113. The largest absolute Gasteiger partial charge is 0.507 e. The van der Waals surface area contributed by atoms with E-state index in [-0.39, 0.29) is 68.4 Å². The summed E-state index contributed by atoms with van der Waals surface area (Å²) >= 11 is 0. The van der Waals surface area contributed by atoms with Crippen LogP contribution in [0.1, 0.15) is 103 Å². The molecule has 2 amide bonds. The first-order valence-electron chi connectivity index (χ1n) is 24.2. The number of piperidine rings is 1. The van der Waals surface area contributed by atoms with Crippen LogP contribution < -0.4 is 20.8 Å². The molecule has 370 valence electrons. The summed E-state index contributed by atoms with van der Waals surface area (Å²) in [7, 11) is 1.99. The smallest absolute Gasteiger partial charge is 0.315 e. The van der Waals surface area contributed by atoms with Crippen molar-refractivity contribution in [3.05, 3.63) is 58.0 Å². The third kappa shape index (κ3) is 10.2. The lowest BCUT2D eigenvalue weighted by molar-refractivity contribution is -0.159. The molecule has 6 heterocycles. The molecule has 0 saturated carbocycles. The number of rotatable bonds is 5. The van der Waals surface area contributed by atoms with Crippen molar-refractivity contribution in [2.24, 2.45) is 33.7 Å². The number of allylic oxidation sites excluding steroid dienone is 3. The van der Waals surface area contributed by atoms with E-state index in [0.29, 0.717) is 44.1 Å². The summed E-state index contributed by atoms with van der Waals surface area (Å²) in [4.78, 5) is 71.1. The van der Waals surface area contributed by atoms with Gasteiger partial charge in [-0.3, -0.25) is 24.2 Å². The number of ketones is 1. The summed E-state index contributed by atoms with van der Waals surface area (Å²) < 4.78 is 18.4. The Balaban J connectivity index is 1.27. The first kappa shape index (κ1) is 50.5. The van der Waals surface area contributed by atoms with Crippen LogP contribution in [0.5, 0.6) is 17.2 Å². The van der Waals surface area contributed by atoms with Gasteiger partial charge in [-0.05, 0) is 58.7 Å². The standard InChI is InChI=1S/C51H70N6O11/c1-28(2)27-56-21-17-51(18-22-56)53-40-37-38-45(62)33(7)47-39(37)48(64)50(8,68-47)66-25-11-10-16-34(67-36(59)26-35(58)57-20-13-19-55(9)23-24-57)31(5)44(61)32(6)43(60)29(3)14-12-15-30(4)49(65)52-42(46(38)63)41(40)54-51/h11-12,14-15,25,28-29,31-32,34,43-44,53,60-63H,10,13,16-24,26-27H2,1-9H3/b14-12+,25-11+,30-15-,52-42?/t29-,31-,32+,34+,43-,44-,50-/m0/s1. The molecular formula is C51H70N6O11. The molecule has 0 unspecified atom stereocenters. The lowest BCUT2D eigenvalue weighted by atomic mass is 9.81. The molecule has 17 nitrogen and oxygen atoms in total. The number of aliphatic hydroxyl groups is 2. The van der Waals surface area contributed by atoms with Gasteiger partial charge in [0.25, 0.3) is 11.7 Å². The third-order valence-electron chi connectivity index (χ3n) is 14.5. The van der Waals surface area contributed by atoms with E-state index in [1.807, 2.05) is 7.05 Å². The number of ether oxygens (including phenoxy) is 3. The molecule has 5 N–H and O–H groups in total.